The number of nitrogens with zero attached hydrogens (tertiary/aromatic N) is 1. The van der Waals surface area contributed by atoms with Crippen LogP contribution in [0.1, 0.15) is 12.5 Å². The lowest BCUT2D eigenvalue weighted by atomic mass is 10.2. The number of ether oxygens (including phenoxy) is 1. The number of phenols is 1. The molecule has 0 atom stereocenters. The molecule has 0 bridgehead atoms. The van der Waals surface area contributed by atoms with E-state index in [4.69, 9.17) is 17.0 Å². The molecule has 2 aromatic rings. The van der Waals surface area contributed by atoms with Crippen molar-refractivity contribution in [2.75, 3.05) is 18.5 Å². The summed E-state index contributed by atoms with van der Waals surface area (Å²) in [4.78, 5) is 26.6. The Morgan fingerprint density at radius 3 is 2.75 bits per heavy atom. The van der Waals surface area contributed by atoms with Crippen LogP contribution in [0.15, 0.2) is 53.4 Å². The highest BCUT2D eigenvalue weighted by molar-refractivity contribution is 8.26. The Balaban J connectivity index is 1.71. The summed E-state index contributed by atoms with van der Waals surface area (Å²) >= 11 is 6.40. The van der Waals surface area contributed by atoms with Gasteiger partial charge in [0.15, 0.2) is 11.5 Å². The maximum Gasteiger partial charge on any atom is 0.266 e. The quantitative estimate of drug-likeness (QED) is 0.555. The van der Waals surface area contributed by atoms with Gasteiger partial charge in [0, 0.05) is 5.69 Å². The molecule has 0 saturated carbocycles. The Hall–Kier alpha value is -2.84. The van der Waals surface area contributed by atoms with Gasteiger partial charge < -0.3 is 15.2 Å². The summed E-state index contributed by atoms with van der Waals surface area (Å²) in [6, 6.07) is 13.8. The van der Waals surface area contributed by atoms with Crippen LogP contribution in [0.3, 0.4) is 0 Å². The first-order valence-corrected chi connectivity index (χ1v) is 9.76. The monoisotopic (exact) mass is 414 g/mol. The van der Waals surface area contributed by atoms with Crippen molar-refractivity contribution in [1.82, 2.24) is 4.90 Å². The largest absolute Gasteiger partial charge is 0.504 e. The highest BCUT2D eigenvalue weighted by atomic mass is 32.2. The summed E-state index contributed by atoms with van der Waals surface area (Å²) in [5.41, 5.74) is 1.34. The van der Waals surface area contributed by atoms with E-state index in [-0.39, 0.29) is 24.1 Å². The molecule has 0 aromatic heterocycles. The number of benzene rings is 2. The van der Waals surface area contributed by atoms with Crippen molar-refractivity contribution in [3.63, 3.8) is 0 Å². The molecular formula is C20H18N2O4S2. The van der Waals surface area contributed by atoms with E-state index < -0.39 is 0 Å². The molecule has 0 radical (unpaired) electrons. The molecule has 144 valence electrons. The van der Waals surface area contributed by atoms with Crippen LogP contribution in [0.25, 0.3) is 6.08 Å². The number of hydrogen-bond acceptors (Lipinski definition) is 6. The highest BCUT2D eigenvalue weighted by Crippen LogP contribution is 2.34. The predicted molar refractivity (Wildman–Crippen MR) is 114 cm³/mol. The van der Waals surface area contributed by atoms with Crippen molar-refractivity contribution < 1.29 is 19.4 Å². The van der Waals surface area contributed by atoms with Gasteiger partial charge in [-0.25, -0.2) is 0 Å². The zero-order valence-electron chi connectivity index (χ0n) is 15.0. The second kappa shape index (κ2) is 8.90. The normalized spacial score (nSPS) is 15.2. The van der Waals surface area contributed by atoms with Gasteiger partial charge in [-0.05, 0) is 42.8 Å². The van der Waals surface area contributed by atoms with E-state index in [2.05, 4.69) is 5.32 Å². The lowest BCUT2D eigenvalue weighted by Gasteiger charge is -2.14. The molecule has 1 fully saturated rings. The van der Waals surface area contributed by atoms with Gasteiger partial charge in [0.1, 0.15) is 10.9 Å². The van der Waals surface area contributed by atoms with Crippen molar-refractivity contribution >= 4 is 51.9 Å². The number of amides is 2. The number of carbonyl (C=O) groups excluding carboxylic acids is 2. The molecular weight excluding hydrogens is 396 g/mol. The van der Waals surface area contributed by atoms with E-state index in [9.17, 15) is 14.7 Å². The number of hydrogen-bond donors (Lipinski definition) is 2. The summed E-state index contributed by atoms with van der Waals surface area (Å²) in [6.45, 7) is 2.07. The first-order chi connectivity index (χ1) is 13.5. The third kappa shape index (κ3) is 4.71. The summed E-state index contributed by atoms with van der Waals surface area (Å²) in [6.07, 6.45) is 1.66. The third-order valence-corrected chi connectivity index (χ3v) is 5.19. The van der Waals surface area contributed by atoms with Crippen LogP contribution in [0.5, 0.6) is 11.5 Å². The Kier molecular flexibility index (Phi) is 6.33. The van der Waals surface area contributed by atoms with E-state index in [1.54, 1.807) is 30.3 Å². The molecule has 2 amide bonds. The molecule has 1 heterocycles. The number of aromatic hydroxyl groups is 1. The van der Waals surface area contributed by atoms with Crippen molar-refractivity contribution in [3.05, 3.63) is 59.0 Å². The number of carbonyl (C=O) groups is 2. The van der Waals surface area contributed by atoms with E-state index >= 15 is 0 Å². The van der Waals surface area contributed by atoms with Crippen LogP contribution in [-0.2, 0) is 9.59 Å². The number of thiocarbonyl (C=S) groups is 1. The van der Waals surface area contributed by atoms with Crippen LogP contribution in [0.2, 0.25) is 0 Å². The minimum Gasteiger partial charge on any atom is -0.504 e. The standard InChI is InChI=1S/C20H18N2O4S2/c1-2-26-16-10-13(8-9-15(16)23)11-17-19(25)22(20(27)28-17)12-18(24)21-14-6-4-3-5-7-14/h3-11,23H,2,12H2,1H3,(H,21,24)/b17-11-. The minimum atomic E-state index is -0.329. The number of thioether (sulfide) groups is 1. The molecule has 1 aliphatic rings. The minimum absolute atomic E-state index is 0.0316. The molecule has 8 heteroatoms. The van der Waals surface area contributed by atoms with Crippen molar-refractivity contribution in [2.45, 2.75) is 6.92 Å². The van der Waals surface area contributed by atoms with Gasteiger partial charge in [-0.3, -0.25) is 14.5 Å². The fourth-order valence-electron chi connectivity index (χ4n) is 2.54. The van der Waals surface area contributed by atoms with Crippen LogP contribution < -0.4 is 10.1 Å². The van der Waals surface area contributed by atoms with Crippen molar-refractivity contribution in [1.29, 1.82) is 0 Å². The zero-order valence-corrected chi connectivity index (χ0v) is 16.7. The Morgan fingerprint density at radius 2 is 2.04 bits per heavy atom. The highest BCUT2D eigenvalue weighted by Gasteiger charge is 2.33. The first-order valence-electron chi connectivity index (χ1n) is 8.54. The van der Waals surface area contributed by atoms with E-state index in [1.807, 2.05) is 25.1 Å². The first kappa shape index (κ1) is 19.9. The molecule has 0 aliphatic carbocycles. The topological polar surface area (TPSA) is 78.9 Å². The average Bonchev–Trinajstić information content (AvgIpc) is 2.93. The summed E-state index contributed by atoms with van der Waals surface area (Å²) in [5, 5.41) is 12.5. The molecule has 2 N–H and O–H groups in total. The molecule has 6 nitrogen and oxygen atoms in total. The summed E-state index contributed by atoms with van der Waals surface area (Å²) in [5.74, 6) is -0.283. The smallest absolute Gasteiger partial charge is 0.266 e. The third-order valence-electron chi connectivity index (χ3n) is 3.81. The van der Waals surface area contributed by atoms with Crippen LogP contribution in [0.4, 0.5) is 5.69 Å². The Bertz CT molecular complexity index is 944. The molecule has 3 rings (SSSR count). The van der Waals surface area contributed by atoms with Crippen LogP contribution in [-0.4, -0.2) is 39.3 Å². The number of phenolic OH excluding ortho intramolecular Hbond substituents is 1. The summed E-state index contributed by atoms with van der Waals surface area (Å²) < 4.78 is 5.68. The van der Waals surface area contributed by atoms with Gasteiger partial charge in [-0.15, -0.1) is 0 Å². The molecule has 2 aromatic carbocycles. The van der Waals surface area contributed by atoms with Gasteiger partial charge in [-0.1, -0.05) is 48.2 Å². The predicted octanol–water partition coefficient (Wildman–Crippen LogP) is 3.63. The number of anilines is 1. The molecule has 1 saturated heterocycles. The number of para-hydroxylation sites is 1. The van der Waals surface area contributed by atoms with Crippen LogP contribution in [0, 0.1) is 0 Å². The SMILES string of the molecule is CCOc1cc(/C=C2\SC(=S)N(CC(=O)Nc3ccccc3)C2=O)ccc1O. The fourth-order valence-corrected chi connectivity index (χ4v) is 3.80. The average molecular weight is 415 g/mol. The van der Waals surface area contributed by atoms with E-state index in [0.29, 0.717) is 32.8 Å². The Morgan fingerprint density at radius 1 is 1.29 bits per heavy atom. The van der Waals surface area contributed by atoms with E-state index in [1.165, 1.54) is 11.0 Å². The molecule has 28 heavy (non-hydrogen) atoms. The molecule has 0 unspecified atom stereocenters. The zero-order chi connectivity index (χ0) is 20.1. The molecule has 0 spiro atoms. The second-order valence-corrected chi connectivity index (χ2v) is 7.52. The van der Waals surface area contributed by atoms with Crippen molar-refractivity contribution in [2.24, 2.45) is 0 Å². The molecule has 1 aliphatic heterocycles. The summed E-state index contributed by atoms with van der Waals surface area (Å²) in [7, 11) is 0. The van der Waals surface area contributed by atoms with Gasteiger partial charge in [0.2, 0.25) is 5.91 Å². The van der Waals surface area contributed by atoms with Gasteiger partial charge >= 0.3 is 0 Å². The van der Waals surface area contributed by atoms with Gasteiger partial charge in [0.05, 0.1) is 11.5 Å². The lowest BCUT2D eigenvalue weighted by Crippen LogP contribution is -2.36. The van der Waals surface area contributed by atoms with Gasteiger partial charge in [0.25, 0.3) is 5.91 Å². The maximum atomic E-state index is 12.7. The van der Waals surface area contributed by atoms with Gasteiger partial charge in [-0.2, -0.15) is 0 Å². The lowest BCUT2D eigenvalue weighted by molar-refractivity contribution is -0.126. The van der Waals surface area contributed by atoms with Crippen molar-refractivity contribution in [3.8, 4) is 11.5 Å². The number of rotatable bonds is 6. The number of nitrogens with one attached hydrogen (secondary N) is 1. The second-order valence-electron chi connectivity index (χ2n) is 5.84. The maximum absolute atomic E-state index is 12.7. The van der Waals surface area contributed by atoms with E-state index in [0.717, 1.165) is 11.8 Å². The van der Waals surface area contributed by atoms with Crippen LogP contribution >= 0.6 is 24.0 Å². The Labute approximate surface area is 172 Å². The fraction of sp³-hybridized carbons (Fsp3) is 0.150.